The Kier molecular flexibility index (Phi) is 7.15. The standard InChI is InChI=1S/C26H30N4O4/c1-5-8-20-23(25(31)33-6-2)24(30-26(29-20)27-16-28-30)19-11-12-21(22(14-19)32-4)34-15-18-10-7-9-17(3)13-18/h7,9-14,16,24H,5-6,8,15H2,1-4H3,(H,27,28,29)/t24-/m0/s1. The highest BCUT2D eigenvalue weighted by atomic mass is 16.5. The predicted octanol–water partition coefficient (Wildman–Crippen LogP) is 4.81. The fourth-order valence-corrected chi connectivity index (χ4v) is 4.15. The van der Waals surface area contributed by atoms with Gasteiger partial charge in [0.15, 0.2) is 11.5 Å². The third-order valence-corrected chi connectivity index (χ3v) is 5.65. The summed E-state index contributed by atoms with van der Waals surface area (Å²) in [6, 6.07) is 13.4. The maximum atomic E-state index is 13.1. The van der Waals surface area contributed by atoms with E-state index in [1.807, 2.05) is 30.3 Å². The molecule has 0 spiro atoms. The average Bonchev–Trinajstić information content (AvgIpc) is 3.30. The van der Waals surface area contributed by atoms with E-state index < -0.39 is 6.04 Å². The van der Waals surface area contributed by atoms with Crippen LogP contribution in [0.15, 0.2) is 60.1 Å². The van der Waals surface area contributed by atoms with Crippen LogP contribution in [-0.4, -0.2) is 34.5 Å². The highest BCUT2D eigenvalue weighted by molar-refractivity contribution is 5.92. The van der Waals surface area contributed by atoms with Crippen molar-refractivity contribution in [2.75, 3.05) is 19.0 Å². The second-order valence-corrected chi connectivity index (χ2v) is 8.11. The third kappa shape index (κ3) is 4.76. The SMILES string of the molecule is CCCC1=C(C(=O)OCC)[C@H](c2ccc(OCc3cccc(C)c3)c(OC)c2)n2ncnc2N1. The number of rotatable bonds is 9. The molecule has 0 amide bonds. The number of esters is 1. The topological polar surface area (TPSA) is 87.5 Å². The zero-order chi connectivity index (χ0) is 24.1. The largest absolute Gasteiger partial charge is 0.493 e. The molecular weight excluding hydrogens is 432 g/mol. The molecule has 0 unspecified atom stereocenters. The van der Waals surface area contributed by atoms with Crippen molar-refractivity contribution in [3.8, 4) is 11.5 Å². The highest BCUT2D eigenvalue weighted by Crippen LogP contribution is 2.40. The van der Waals surface area contributed by atoms with E-state index in [2.05, 4.69) is 41.4 Å². The molecule has 0 aliphatic carbocycles. The number of nitrogens with zero attached hydrogens (tertiary/aromatic N) is 3. The summed E-state index contributed by atoms with van der Waals surface area (Å²) < 4.78 is 18.8. The number of nitrogens with one attached hydrogen (secondary N) is 1. The minimum absolute atomic E-state index is 0.285. The molecule has 1 aliphatic heterocycles. The summed E-state index contributed by atoms with van der Waals surface area (Å²) in [6.07, 6.45) is 3.02. The second-order valence-electron chi connectivity index (χ2n) is 8.11. The van der Waals surface area contributed by atoms with Crippen molar-refractivity contribution >= 4 is 11.9 Å². The van der Waals surface area contributed by atoms with E-state index in [9.17, 15) is 4.79 Å². The number of fused-ring (bicyclic) bond motifs is 1. The van der Waals surface area contributed by atoms with Crippen LogP contribution in [0.2, 0.25) is 0 Å². The molecule has 3 aromatic rings. The molecule has 0 radical (unpaired) electrons. The quantitative estimate of drug-likeness (QED) is 0.457. The number of carbonyl (C=O) groups is 1. The van der Waals surface area contributed by atoms with Crippen LogP contribution in [0.3, 0.4) is 0 Å². The maximum absolute atomic E-state index is 13.1. The molecule has 1 aromatic heterocycles. The molecule has 1 N–H and O–H groups in total. The number of anilines is 1. The molecule has 34 heavy (non-hydrogen) atoms. The fourth-order valence-electron chi connectivity index (χ4n) is 4.15. The number of carbonyl (C=O) groups excluding carboxylic acids is 1. The lowest BCUT2D eigenvalue weighted by molar-refractivity contribution is -0.139. The smallest absolute Gasteiger partial charge is 0.338 e. The van der Waals surface area contributed by atoms with Crippen LogP contribution < -0.4 is 14.8 Å². The zero-order valence-electron chi connectivity index (χ0n) is 20.0. The number of methoxy groups -OCH3 is 1. The Morgan fingerprint density at radius 3 is 2.74 bits per heavy atom. The van der Waals surface area contributed by atoms with Gasteiger partial charge in [0.2, 0.25) is 5.95 Å². The normalized spacial score (nSPS) is 14.9. The zero-order valence-corrected chi connectivity index (χ0v) is 20.0. The molecule has 0 saturated heterocycles. The number of benzene rings is 2. The van der Waals surface area contributed by atoms with Crippen molar-refractivity contribution < 1.29 is 19.0 Å². The molecule has 2 heterocycles. The van der Waals surface area contributed by atoms with E-state index in [1.54, 1.807) is 18.7 Å². The monoisotopic (exact) mass is 462 g/mol. The van der Waals surface area contributed by atoms with Crippen molar-refractivity contribution in [2.24, 2.45) is 0 Å². The first-order valence-electron chi connectivity index (χ1n) is 11.5. The van der Waals surface area contributed by atoms with Gasteiger partial charge in [-0.15, -0.1) is 0 Å². The Bertz CT molecular complexity index is 1200. The number of aryl methyl sites for hydroxylation is 1. The Hall–Kier alpha value is -3.81. The van der Waals surface area contributed by atoms with Gasteiger partial charge in [0, 0.05) is 5.70 Å². The maximum Gasteiger partial charge on any atom is 0.338 e. The molecule has 0 fully saturated rings. The molecule has 178 valence electrons. The molecule has 0 saturated carbocycles. The van der Waals surface area contributed by atoms with Crippen LogP contribution in [0.1, 0.15) is 49.4 Å². The van der Waals surface area contributed by atoms with Gasteiger partial charge >= 0.3 is 5.97 Å². The first kappa shape index (κ1) is 23.4. The number of allylic oxidation sites excluding steroid dienone is 1. The van der Waals surface area contributed by atoms with E-state index in [4.69, 9.17) is 14.2 Å². The molecule has 8 nitrogen and oxygen atoms in total. The second kappa shape index (κ2) is 10.4. The Labute approximate surface area is 199 Å². The number of hydrogen-bond acceptors (Lipinski definition) is 7. The number of aromatic nitrogens is 3. The van der Waals surface area contributed by atoms with Gasteiger partial charge < -0.3 is 19.5 Å². The Balaban J connectivity index is 1.71. The molecule has 0 bridgehead atoms. The summed E-state index contributed by atoms with van der Waals surface area (Å²) in [5, 5.41) is 7.66. The lowest BCUT2D eigenvalue weighted by Gasteiger charge is -2.29. The van der Waals surface area contributed by atoms with E-state index in [0.717, 1.165) is 23.2 Å². The molecular formula is C26H30N4O4. The molecule has 1 aliphatic rings. The van der Waals surface area contributed by atoms with Gasteiger partial charge in [0.25, 0.3) is 0 Å². The van der Waals surface area contributed by atoms with Gasteiger partial charge in [-0.05, 0) is 43.5 Å². The minimum atomic E-state index is -0.501. The number of hydrogen-bond donors (Lipinski definition) is 1. The van der Waals surface area contributed by atoms with Crippen molar-refractivity contribution in [1.29, 1.82) is 0 Å². The lowest BCUT2D eigenvalue weighted by atomic mass is 9.93. The average molecular weight is 463 g/mol. The van der Waals surface area contributed by atoms with Crippen LogP contribution in [-0.2, 0) is 16.1 Å². The minimum Gasteiger partial charge on any atom is -0.493 e. The van der Waals surface area contributed by atoms with Gasteiger partial charge in [-0.3, -0.25) is 0 Å². The molecule has 2 aromatic carbocycles. The van der Waals surface area contributed by atoms with E-state index in [-0.39, 0.29) is 12.6 Å². The van der Waals surface area contributed by atoms with Crippen molar-refractivity contribution in [1.82, 2.24) is 14.8 Å². The summed E-state index contributed by atoms with van der Waals surface area (Å²) in [4.78, 5) is 17.4. The van der Waals surface area contributed by atoms with Gasteiger partial charge in [0.1, 0.15) is 19.0 Å². The van der Waals surface area contributed by atoms with Crippen LogP contribution in [0.4, 0.5) is 5.95 Å². The lowest BCUT2D eigenvalue weighted by Crippen LogP contribution is -2.30. The van der Waals surface area contributed by atoms with Crippen molar-refractivity contribution in [3.05, 3.63) is 76.8 Å². The van der Waals surface area contributed by atoms with Gasteiger partial charge in [0.05, 0.1) is 19.3 Å². The van der Waals surface area contributed by atoms with Crippen LogP contribution in [0.25, 0.3) is 0 Å². The molecule has 8 heteroatoms. The summed E-state index contributed by atoms with van der Waals surface area (Å²) in [5.74, 6) is 1.41. The van der Waals surface area contributed by atoms with Gasteiger partial charge in [-0.2, -0.15) is 10.1 Å². The third-order valence-electron chi connectivity index (χ3n) is 5.65. The highest BCUT2D eigenvalue weighted by Gasteiger charge is 2.35. The Morgan fingerprint density at radius 2 is 2.00 bits per heavy atom. The summed E-state index contributed by atoms with van der Waals surface area (Å²) in [5.41, 5.74) is 4.40. The summed E-state index contributed by atoms with van der Waals surface area (Å²) in [6.45, 7) is 6.63. The van der Waals surface area contributed by atoms with E-state index in [1.165, 1.54) is 11.9 Å². The van der Waals surface area contributed by atoms with Gasteiger partial charge in [-0.1, -0.05) is 49.2 Å². The van der Waals surface area contributed by atoms with Crippen LogP contribution in [0.5, 0.6) is 11.5 Å². The fraction of sp³-hybridized carbons (Fsp3) is 0.346. The van der Waals surface area contributed by atoms with Crippen molar-refractivity contribution in [2.45, 2.75) is 46.3 Å². The predicted molar refractivity (Wildman–Crippen MR) is 129 cm³/mol. The molecule has 1 atom stereocenters. The first-order chi connectivity index (χ1) is 16.5. The van der Waals surface area contributed by atoms with Gasteiger partial charge in [-0.25, -0.2) is 9.48 Å². The first-order valence-corrected chi connectivity index (χ1v) is 11.5. The van der Waals surface area contributed by atoms with Crippen molar-refractivity contribution in [3.63, 3.8) is 0 Å². The van der Waals surface area contributed by atoms with Crippen LogP contribution in [0, 0.1) is 6.92 Å². The van der Waals surface area contributed by atoms with E-state index >= 15 is 0 Å². The summed E-state index contributed by atoms with van der Waals surface area (Å²) in [7, 11) is 1.60. The van der Waals surface area contributed by atoms with Crippen LogP contribution >= 0.6 is 0 Å². The molecule has 4 rings (SSSR count). The summed E-state index contributed by atoms with van der Waals surface area (Å²) >= 11 is 0. The Morgan fingerprint density at radius 1 is 1.15 bits per heavy atom. The van der Waals surface area contributed by atoms with E-state index in [0.29, 0.717) is 36.0 Å². The number of ether oxygens (including phenoxy) is 3.